The number of benzene rings is 1. The Kier molecular flexibility index (Phi) is 4.72. The van der Waals surface area contributed by atoms with Crippen molar-refractivity contribution in [1.82, 2.24) is 4.31 Å². The van der Waals surface area contributed by atoms with E-state index in [-0.39, 0.29) is 12.3 Å². The van der Waals surface area contributed by atoms with Gasteiger partial charge in [0.05, 0.1) is 11.9 Å². The zero-order valence-electron chi connectivity index (χ0n) is 10.5. The molecule has 1 aliphatic heterocycles. The Bertz CT molecular complexity index is 534. The molecule has 0 unspecified atom stereocenters. The van der Waals surface area contributed by atoms with Gasteiger partial charge in [-0.15, -0.1) is 11.8 Å². The van der Waals surface area contributed by atoms with Crippen LogP contribution in [0.1, 0.15) is 6.42 Å². The van der Waals surface area contributed by atoms with Crippen LogP contribution in [0.25, 0.3) is 0 Å². The van der Waals surface area contributed by atoms with E-state index in [2.05, 4.69) is 0 Å². The van der Waals surface area contributed by atoms with Crippen LogP contribution < -0.4 is 5.73 Å². The lowest BCUT2D eigenvalue weighted by Crippen LogP contribution is -2.32. The maximum Gasteiger partial charge on any atom is 0.215 e. The number of thioether (sulfide) groups is 1. The minimum atomic E-state index is -3.25. The highest BCUT2D eigenvalue weighted by atomic mass is 32.2. The molecule has 1 fully saturated rings. The Morgan fingerprint density at radius 2 is 2.26 bits per heavy atom. The van der Waals surface area contributed by atoms with Gasteiger partial charge in [0.15, 0.2) is 0 Å². The molecule has 0 saturated carbocycles. The summed E-state index contributed by atoms with van der Waals surface area (Å²) in [7, 11) is -3.25. The van der Waals surface area contributed by atoms with E-state index in [0.717, 1.165) is 4.90 Å². The van der Waals surface area contributed by atoms with E-state index < -0.39 is 16.1 Å². The van der Waals surface area contributed by atoms with Crippen molar-refractivity contribution >= 4 is 27.5 Å². The molecule has 7 heteroatoms. The van der Waals surface area contributed by atoms with Gasteiger partial charge in [0.1, 0.15) is 0 Å². The van der Waals surface area contributed by atoms with Crippen LogP contribution in [-0.4, -0.2) is 48.5 Å². The number of aliphatic hydroxyl groups is 1. The molecule has 2 rings (SSSR count). The molecule has 1 aromatic rings. The number of anilines is 1. The van der Waals surface area contributed by atoms with Crippen LogP contribution in [0, 0.1) is 0 Å². The van der Waals surface area contributed by atoms with E-state index in [9.17, 15) is 13.5 Å². The number of nitrogen functional groups attached to an aromatic ring is 1. The van der Waals surface area contributed by atoms with Gasteiger partial charge in [-0.2, -0.15) is 4.31 Å². The maximum atomic E-state index is 12.0. The van der Waals surface area contributed by atoms with Crippen molar-refractivity contribution in [1.29, 1.82) is 0 Å². The highest BCUT2D eigenvalue weighted by Crippen LogP contribution is 2.21. The molecule has 1 heterocycles. The molecule has 0 radical (unpaired) electrons. The highest BCUT2D eigenvalue weighted by Gasteiger charge is 2.29. The number of nitrogens with zero attached hydrogens (tertiary/aromatic N) is 1. The van der Waals surface area contributed by atoms with Gasteiger partial charge in [-0.25, -0.2) is 8.42 Å². The summed E-state index contributed by atoms with van der Waals surface area (Å²) >= 11 is 1.47. The molecule has 1 aliphatic rings. The van der Waals surface area contributed by atoms with Crippen molar-refractivity contribution in [2.24, 2.45) is 0 Å². The second kappa shape index (κ2) is 6.13. The van der Waals surface area contributed by atoms with Gasteiger partial charge < -0.3 is 10.8 Å². The molecule has 1 atom stereocenters. The predicted molar refractivity (Wildman–Crippen MR) is 77.6 cm³/mol. The number of aliphatic hydroxyl groups excluding tert-OH is 1. The first kappa shape index (κ1) is 14.6. The van der Waals surface area contributed by atoms with Crippen LogP contribution in [0.3, 0.4) is 0 Å². The van der Waals surface area contributed by atoms with Crippen molar-refractivity contribution in [3.8, 4) is 0 Å². The molecular formula is C12H18N2O3S2. The minimum absolute atomic E-state index is 0.0825. The Balaban J connectivity index is 1.85. The molecule has 0 aromatic heterocycles. The summed E-state index contributed by atoms with van der Waals surface area (Å²) < 4.78 is 25.4. The van der Waals surface area contributed by atoms with Gasteiger partial charge in [-0.3, -0.25) is 0 Å². The highest BCUT2D eigenvalue weighted by molar-refractivity contribution is 8.00. The Labute approximate surface area is 117 Å². The smallest absolute Gasteiger partial charge is 0.215 e. The van der Waals surface area contributed by atoms with Crippen molar-refractivity contribution < 1.29 is 13.5 Å². The molecule has 0 amide bonds. The molecule has 106 valence electrons. The fraction of sp³-hybridized carbons (Fsp3) is 0.500. The normalized spacial score (nSPS) is 20.8. The zero-order valence-corrected chi connectivity index (χ0v) is 12.2. The summed E-state index contributed by atoms with van der Waals surface area (Å²) in [4.78, 5) is 0.969. The summed E-state index contributed by atoms with van der Waals surface area (Å²) in [6.07, 6.45) is 0.0121. The fourth-order valence-corrected chi connectivity index (χ4v) is 4.81. The number of β-amino-alcohol motifs (C(OH)–C–C–N with tert-alkyl or cyclic N) is 1. The second-order valence-electron chi connectivity index (χ2n) is 4.54. The van der Waals surface area contributed by atoms with Crippen LogP contribution >= 0.6 is 11.8 Å². The number of nitrogens with two attached hydrogens (primary N) is 1. The monoisotopic (exact) mass is 302 g/mol. The minimum Gasteiger partial charge on any atom is -0.399 e. The van der Waals surface area contributed by atoms with Gasteiger partial charge in [0.25, 0.3) is 0 Å². The van der Waals surface area contributed by atoms with Crippen molar-refractivity contribution in [2.75, 3.05) is 30.3 Å². The second-order valence-corrected chi connectivity index (χ2v) is 7.79. The average molecular weight is 302 g/mol. The first-order valence-electron chi connectivity index (χ1n) is 6.11. The quantitative estimate of drug-likeness (QED) is 0.619. The lowest BCUT2D eigenvalue weighted by molar-refractivity contribution is 0.189. The van der Waals surface area contributed by atoms with Gasteiger partial charge in [0, 0.05) is 29.4 Å². The Hall–Kier alpha value is -0.760. The maximum absolute atomic E-state index is 12.0. The number of rotatable bonds is 5. The molecule has 19 heavy (non-hydrogen) atoms. The molecule has 0 aliphatic carbocycles. The molecule has 0 bridgehead atoms. The fourth-order valence-electron chi connectivity index (χ4n) is 1.96. The number of hydrogen-bond acceptors (Lipinski definition) is 5. The summed E-state index contributed by atoms with van der Waals surface area (Å²) in [6.45, 7) is 0.651. The van der Waals surface area contributed by atoms with Crippen LogP contribution in [0.5, 0.6) is 0 Å². The summed E-state index contributed by atoms with van der Waals surface area (Å²) in [5.74, 6) is 0.567. The van der Waals surface area contributed by atoms with E-state index in [1.165, 1.54) is 16.1 Å². The third-order valence-corrected chi connectivity index (χ3v) is 6.08. The molecule has 3 N–H and O–H groups in total. The van der Waals surface area contributed by atoms with E-state index in [1.807, 2.05) is 18.2 Å². The first-order valence-corrected chi connectivity index (χ1v) is 8.71. The topological polar surface area (TPSA) is 83.6 Å². The summed E-state index contributed by atoms with van der Waals surface area (Å²) in [6, 6.07) is 7.39. The molecule has 0 spiro atoms. The van der Waals surface area contributed by atoms with Crippen LogP contribution in [-0.2, 0) is 10.0 Å². The standard InChI is InChI=1S/C12H18N2O3S2/c13-10-2-1-3-12(8-10)18-6-7-19(16,17)14-5-4-11(15)9-14/h1-3,8,11,15H,4-7,9,13H2/t11-/m1/s1. The zero-order chi connectivity index (χ0) is 13.9. The van der Waals surface area contributed by atoms with Crippen LogP contribution in [0.4, 0.5) is 5.69 Å². The van der Waals surface area contributed by atoms with Crippen molar-refractivity contribution in [3.05, 3.63) is 24.3 Å². The van der Waals surface area contributed by atoms with Crippen molar-refractivity contribution in [2.45, 2.75) is 17.4 Å². The largest absolute Gasteiger partial charge is 0.399 e. The molecular weight excluding hydrogens is 284 g/mol. The van der Waals surface area contributed by atoms with E-state index >= 15 is 0 Å². The van der Waals surface area contributed by atoms with Crippen LogP contribution in [0.2, 0.25) is 0 Å². The van der Waals surface area contributed by atoms with Gasteiger partial charge in [0.2, 0.25) is 10.0 Å². The predicted octanol–water partition coefficient (Wildman–Crippen LogP) is 0.757. The molecule has 1 aromatic carbocycles. The number of sulfonamides is 1. The lowest BCUT2D eigenvalue weighted by Gasteiger charge is -2.15. The molecule has 5 nitrogen and oxygen atoms in total. The summed E-state index contributed by atoms with van der Waals surface area (Å²) in [5.41, 5.74) is 6.34. The number of hydrogen-bond donors (Lipinski definition) is 2. The third-order valence-electron chi connectivity index (χ3n) is 2.99. The first-order chi connectivity index (χ1) is 8.97. The van der Waals surface area contributed by atoms with Gasteiger partial charge >= 0.3 is 0 Å². The lowest BCUT2D eigenvalue weighted by atomic mass is 10.3. The Morgan fingerprint density at radius 1 is 1.47 bits per heavy atom. The van der Waals surface area contributed by atoms with Gasteiger partial charge in [-0.1, -0.05) is 6.07 Å². The third kappa shape index (κ3) is 4.10. The van der Waals surface area contributed by atoms with E-state index in [1.54, 1.807) is 6.07 Å². The van der Waals surface area contributed by atoms with E-state index in [0.29, 0.717) is 24.4 Å². The molecule has 1 saturated heterocycles. The Morgan fingerprint density at radius 3 is 2.89 bits per heavy atom. The summed E-state index contributed by atoms with van der Waals surface area (Å²) in [5, 5.41) is 9.37. The van der Waals surface area contributed by atoms with Crippen LogP contribution in [0.15, 0.2) is 29.2 Å². The van der Waals surface area contributed by atoms with Crippen molar-refractivity contribution in [3.63, 3.8) is 0 Å². The van der Waals surface area contributed by atoms with E-state index in [4.69, 9.17) is 5.73 Å². The SMILES string of the molecule is Nc1cccc(SCCS(=O)(=O)N2CC[C@@H](O)C2)c1. The van der Waals surface area contributed by atoms with Gasteiger partial charge in [-0.05, 0) is 24.6 Å². The average Bonchev–Trinajstić information content (AvgIpc) is 2.76.